The van der Waals surface area contributed by atoms with E-state index in [0.29, 0.717) is 5.69 Å². The maximum absolute atomic E-state index is 12.8. The van der Waals surface area contributed by atoms with E-state index in [9.17, 15) is 4.39 Å². The fourth-order valence-electron chi connectivity index (χ4n) is 6.63. The number of nitrogens with two attached hydrogens (primary N) is 4. The summed E-state index contributed by atoms with van der Waals surface area (Å²) in [6, 6.07) is 33.8. The lowest BCUT2D eigenvalue weighted by Crippen LogP contribution is -2.14. The van der Waals surface area contributed by atoms with Crippen LogP contribution in [0.1, 0.15) is 145 Å². The van der Waals surface area contributed by atoms with E-state index < -0.39 is 0 Å². The third-order valence-electron chi connectivity index (χ3n) is 9.81. The van der Waals surface area contributed by atoms with Gasteiger partial charge >= 0.3 is 0 Å². The van der Waals surface area contributed by atoms with Gasteiger partial charge in [0.25, 0.3) is 0 Å². The van der Waals surface area contributed by atoms with Gasteiger partial charge in [-0.25, -0.2) is 4.39 Å². The maximum atomic E-state index is 12.8. The molecule has 0 radical (unpaired) electrons. The Morgan fingerprint density at radius 1 is 0.433 bits per heavy atom. The van der Waals surface area contributed by atoms with Gasteiger partial charge in [-0.2, -0.15) is 0 Å². The Bertz CT molecular complexity index is 2150. The Morgan fingerprint density at radius 3 is 1.28 bits per heavy atom. The summed E-state index contributed by atoms with van der Waals surface area (Å²) >= 11 is 0. The Labute approximate surface area is 366 Å². The van der Waals surface area contributed by atoms with Crippen LogP contribution >= 0.6 is 0 Å². The minimum Gasteiger partial charge on any atom is -0.398 e. The number of rotatable bonds is 2. The molecule has 0 saturated carbocycles. The molecular formula is C55H81FN4. The van der Waals surface area contributed by atoms with Crippen molar-refractivity contribution < 1.29 is 4.39 Å². The zero-order valence-electron chi connectivity index (χ0n) is 36.9. The van der Waals surface area contributed by atoms with E-state index in [1.807, 2.05) is 45.0 Å². The molecule has 0 heterocycles. The van der Waals surface area contributed by atoms with Gasteiger partial charge in [0.1, 0.15) is 5.82 Å². The summed E-state index contributed by atoms with van der Waals surface area (Å²) in [7, 11) is 0. The monoisotopic (exact) mass is 817 g/mol. The van der Waals surface area contributed by atoms with E-state index in [1.54, 1.807) is 6.07 Å². The van der Waals surface area contributed by atoms with Crippen LogP contribution in [0.3, 0.4) is 0 Å². The number of benzene rings is 5. The van der Waals surface area contributed by atoms with Crippen molar-refractivity contribution in [3.63, 3.8) is 0 Å². The molecule has 328 valence electrons. The van der Waals surface area contributed by atoms with Gasteiger partial charge in [-0.05, 0) is 134 Å². The molecule has 8 N–H and O–H groups in total. The molecule has 60 heavy (non-hydrogen) atoms. The third kappa shape index (κ3) is 16.0. The highest BCUT2D eigenvalue weighted by molar-refractivity contribution is 5.73. The van der Waals surface area contributed by atoms with Gasteiger partial charge in [0, 0.05) is 22.7 Å². The third-order valence-corrected chi connectivity index (χ3v) is 9.81. The molecule has 5 heteroatoms. The van der Waals surface area contributed by atoms with Gasteiger partial charge in [-0.1, -0.05) is 178 Å². The Morgan fingerprint density at radius 2 is 0.867 bits per heavy atom. The van der Waals surface area contributed by atoms with E-state index in [2.05, 4.69) is 148 Å². The molecule has 5 aromatic rings. The van der Waals surface area contributed by atoms with Crippen molar-refractivity contribution in [1.29, 1.82) is 0 Å². The van der Waals surface area contributed by atoms with Gasteiger partial charge in [0.2, 0.25) is 0 Å². The predicted octanol–water partition coefficient (Wildman–Crippen LogP) is 15.6. The second kappa shape index (κ2) is 22.4. The molecule has 0 bridgehead atoms. The highest BCUT2D eigenvalue weighted by Gasteiger charge is 2.20. The van der Waals surface area contributed by atoms with E-state index in [-0.39, 0.29) is 49.8 Å². The summed E-state index contributed by atoms with van der Waals surface area (Å²) in [4.78, 5) is 0. The minimum atomic E-state index is -0.228. The molecule has 0 unspecified atom stereocenters. The van der Waals surface area contributed by atoms with Crippen LogP contribution in [-0.2, 0) is 21.7 Å². The summed E-state index contributed by atoms with van der Waals surface area (Å²) in [5.41, 5.74) is 38.2. The maximum Gasteiger partial charge on any atom is 0.123 e. The molecule has 0 atom stereocenters. The molecular weight excluding hydrogens is 736 g/mol. The van der Waals surface area contributed by atoms with Gasteiger partial charge in [-0.3, -0.25) is 0 Å². The van der Waals surface area contributed by atoms with Crippen LogP contribution in [0.5, 0.6) is 0 Å². The van der Waals surface area contributed by atoms with Crippen molar-refractivity contribution >= 4 is 28.3 Å². The first-order valence-corrected chi connectivity index (χ1v) is 19.9. The van der Waals surface area contributed by atoms with E-state index >= 15 is 0 Å². The standard InChI is InChI=1S/C16H19N.C15H19N.C11H17N.C10H14FN.3CH4/c1-16(2,3)14-11-13(9-10-15(14)17)12-7-5-4-6-8-12;1-15(2,3)13-10-12(8-9-14(13)16)11-6-4-5-7-11;1-8-5-6-9(10(12)7-8)11(2,3)4;1-10(2,3)8-6-7(11)4-5-9(8)12;;;/h4-11H,17H2,1-3H3;4-6,8-10H,7,16H2,1-3H3;5-7H,12H2,1-4H3;4-6H,12H2,1-3H3;3*1H4. The molecule has 0 spiro atoms. The van der Waals surface area contributed by atoms with Crippen LogP contribution in [0.4, 0.5) is 27.1 Å². The Hall–Kier alpha value is -5.29. The highest BCUT2D eigenvalue weighted by atomic mass is 19.1. The first kappa shape index (κ1) is 54.7. The summed E-state index contributed by atoms with van der Waals surface area (Å²) < 4.78 is 12.8. The number of allylic oxidation sites excluding steroid dienone is 4. The van der Waals surface area contributed by atoms with Gasteiger partial charge < -0.3 is 22.9 Å². The van der Waals surface area contributed by atoms with E-state index in [1.165, 1.54) is 56.6 Å². The average Bonchev–Trinajstić information content (AvgIpc) is 3.64. The second-order valence-electron chi connectivity index (χ2n) is 19.1. The average molecular weight is 817 g/mol. The molecule has 5 aromatic carbocycles. The van der Waals surface area contributed by atoms with Gasteiger partial charge in [0.15, 0.2) is 0 Å². The number of halogens is 1. The molecule has 0 saturated heterocycles. The number of nitrogen functional groups attached to an aromatic ring is 4. The van der Waals surface area contributed by atoms with Crippen LogP contribution in [0.15, 0.2) is 121 Å². The fourth-order valence-corrected chi connectivity index (χ4v) is 6.63. The molecule has 0 fully saturated rings. The molecule has 6 rings (SSSR count). The number of hydrogen-bond acceptors (Lipinski definition) is 4. The molecule has 4 nitrogen and oxygen atoms in total. The number of aryl methyl sites for hydroxylation is 1. The zero-order valence-corrected chi connectivity index (χ0v) is 36.9. The number of anilines is 4. The smallest absolute Gasteiger partial charge is 0.123 e. The first-order chi connectivity index (χ1) is 26.3. The van der Waals surface area contributed by atoms with Crippen LogP contribution in [0.25, 0.3) is 16.7 Å². The molecule has 0 amide bonds. The lowest BCUT2D eigenvalue weighted by molar-refractivity contribution is 0.574. The SMILES string of the molecule is C.C.C.CC(C)(C)c1cc(-c2ccccc2)ccc1N.CC(C)(C)c1cc(C2=CC=CC2)ccc1N.CC(C)(C)c1cc(F)ccc1N.Cc1ccc(C(C)(C)C)c(N)c1. The molecule has 0 aliphatic heterocycles. The van der Waals surface area contributed by atoms with Crippen molar-refractivity contribution in [3.05, 3.63) is 161 Å². The highest BCUT2D eigenvalue weighted by Crippen LogP contribution is 2.34. The largest absolute Gasteiger partial charge is 0.398 e. The lowest BCUT2D eigenvalue weighted by Gasteiger charge is -2.22. The van der Waals surface area contributed by atoms with Crippen LogP contribution in [0, 0.1) is 12.7 Å². The second-order valence-corrected chi connectivity index (χ2v) is 19.1. The first-order valence-electron chi connectivity index (χ1n) is 19.9. The van der Waals surface area contributed by atoms with Gasteiger partial charge in [-0.15, -0.1) is 0 Å². The Balaban J connectivity index is 0.000000770. The normalized spacial score (nSPS) is 12.0. The van der Waals surface area contributed by atoms with Gasteiger partial charge in [0.05, 0.1) is 0 Å². The van der Waals surface area contributed by atoms with E-state index in [4.69, 9.17) is 22.9 Å². The predicted molar refractivity (Wildman–Crippen MR) is 270 cm³/mol. The summed E-state index contributed by atoms with van der Waals surface area (Å²) in [6.07, 6.45) is 7.51. The molecule has 1 aliphatic carbocycles. The van der Waals surface area contributed by atoms with Crippen LogP contribution in [-0.4, -0.2) is 0 Å². The quantitative estimate of drug-likeness (QED) is 0.133. The Kier molecular flexibility index (Phi) is 20.4. The number of hydrogen-bond donors (Lipinski definition) is 4. The van der Waals surface area contributed by atoms with Crippen molar-refractivity contribution in [2.45, 2.75) is 140 Å². The van der Waals surface area contributed by atoms with Crippen molar-refractivity contribution in [3.8, 4) is 11.1 Å². The minimum absolute atomic E-state index is 0. The van der Waals surface area contributed by atoms with Crippen molar-refractivity contribution in [1.82, 2.24) is 0 Å². The molecule has 0 aromatic heterocycles. The van der Waals surface area contributed by atoms with E-state index in [0.717, 1.165) is 29.0 Å². The summed E-state index contributed by atoms with van der Waals surface area (Å²) in [5, 5.41) is 0. The lowest BCUT2D eigenvalue weighted by atomic mass is 9.84. The summed E-state index contributed by atoms with van der Waals surface area (Å²) in [6.45, 7) is 27.8. The van der Waals surface area contributed by atoms with Crippen molar-refractivity contribution in [2.24, 2.45) is 0 Å². The van der Waals surface area contributed by atoms with Crippen molar-refractivity contribution in [2.75, 3.05) is 22.9 Å². The topological polar surface area (TPSA) is 104 Å². The van der Waals surface area contributed by atoms with Crippen LogP contribution in [0.2, 0.25) is 0 Å². The zero-order chi connectivity index (χ0) is 42.9. The molecule has 1 aliphatic rings. The summed E-state index contributed by atoms with van der Waals surface area (Å²) in [5.74, 6) is -0.228. The van der Waals surface area contributed by atoms with Crippen LogP contribution < -0.4 is 22.9 Å². The fraction of sp³-hybridized carbons (Fsp3) is 0.382.